The Morgan fingerprint density at radius 1 is 1.07 bits per heavy atom. The summed E-state index contributed by atoms with van der Waals surface area (Å²) in [6, 6.07) is 1.03. The highest BCUT2D eigenvalue weighted by Gasteiger charge is 2.12. The van der Waals surface area contributed by atoms with E-state index < -0.39 is 0 Å². The molecule has 0 bridgehead atoms. The molecule has 92 valence electrons. The van der Waals surface area contributed by atoms with Crippen molar-refractivity contribution in [2.24, 2.45) is 11.7 Å². The van der Waals surface area contributed by atoms with Crippen LogP contribution in [-0.4, -0.2) is 30.1 Å². The fourth-order valence-corrected chi connectivity index (χ4v) is 1.88. The lowest BCUT2D eigenvalue weighted by Crippen LogP contribution is -2.37. The van der Waals surface area contributed by atoms with E-state index in [1.165, 1.54) is 13.0 Å². The first-order valence-electron chi connectivity index (χ1n) is 6.47. The maximum Gasteiger partial charge on any atom is 0.00509 e. The second kappa shape index (κ2) is 8.12. The maximum absolute atomic E-state index is 6.04. The summed E-state index contributed by atoms with van der Waals surface area (Å²) in [7, 11) is 0. The molecule has 0 aliphatic rings. The molecule has 0 rings (SSSR count). The van der Waals surface area contributed by atoms with Crippen LogP contribution in [0, 0.1) is 5.92 Å². The monoisotopic (exact) mass is 214 g/mol. The average Bonchev–Trinajstić information content (AvgIpc) is 2.11. The van der Waals surface area contributed by atoms with Crippen LogP contribution in [0.2, 0.25) is 0 Å². The zero-order valence-corrected chi connectivity index (χ0v) is 11.3. The molecule has 0 heterocycles. The highest BCUT2D eigenvalue weighted by Crippen LogP contribution is 2.07. The summed E-state index contributed by atoms with van der Waals surface area (Å²) >= 11 is 0. The van der Waals surface area contributed by atoms with Gasteiger partial charge < -0.3 is 10.6 Å². The van der Waals surface area contributed by atoms with Crippen LogP contribution in [0.3, 0.4) is 0 Å². The summed E-state index contributed by atoms with van der Waals surface area (Å²) in [6.07, 6.45) is 3.50. The molecule has 0 radical (unpaired) electrons. The molecule has 0 aromatic rings. The first-order valence-corrected chi connectivity index (χ1v) is 6.47. The van der Waals surface area contributed by atoms with Gasteiger partial charge in [0.15, 0.2) is 0 Å². The van der Waals surface area contributed by atoms with Crippen LogP contribution in [0.5, 0.6) is 0 Å². The third kappa shape index (κ3) is 7.80. The smallest absolute Gasteiger partial charge is 0.00509 e. The van der Waals surface area contributed by atoms with Crippen molar-refractivity contribution < 1.29 is 0 Å². The molecular weight excluding hydrogens is 184 g/mol. The number of hydrogen-bond donors (Lipinski definition) is 1. The van der Waals surface area contributed by atoms with Gasteiger partial charge in [0.1, 0.15) is 0 Å². The molecule has 0 aromatic heterocycles. The fraction of sp³-hybridized carbons (Fsp3) is 1.00. The standard InChI is InChI=1S/C13H30N2/c1-6-7-13(14)8-9-15(12(4)5)10-11(2)3/h11-13H,6-10,14H2,1-5H3. The zero-order chi connectivity index (χ0) is 11.8. The summed E-state index contributed by atoms with van der Waals surface area (Å²) in [5, 5.41) is 0. The van der Waals surface area contributed by atoms with Gasteiger partial charge in [-0.15, -0.1) is 0 Å². The van der Waals surface area contributed by atoms with Crippen molar-refractivity contribution in [1.82, 2.24) is 4.90 Å². The highest BCUT2D eigenvalue weighted by molar-refractivity contribution is 4.69. The summed E-state index contributed by atoms with van der Waals surface area (Å²) in [4.78, 5) is 2.54. The van der Waals surface area contributed by atoms with E-state index >= 15 is 0 Å². The number of hydrogen-bond acceptors (Lipinski definition) is 2. The molecule has 0 saturated heterocycles. The van der Waals surface area contributed by atoms with E-state index in [2.05, 4.69) is 39.5 Å². The molecule has 2 nitrogen and oxygen atoms in total. The lowest BCUT2D eigenvalue weighted by molar-refractivity contribution is 0.190. The van der Waals surface area contributed by atoms with Gasteiger partial charge in [0.25, 0.3) is 0 Å². The van der Waals surface area contributed by atoms with Crippen molar-refractivity contribution in [3.05, 3.63) is 0 Å². The lowest BCUT2D eigenvalue weighted by atomic mass is 10.1. The Morgan fingerprint density at radius 2 is 1.67 bits per heavy atom. The van der Waals surface area contributed by atoms with Gasteiger partial charge in [-0.3, -0.25) is 0 Å². The maximum atomic E-state index is 6.04. The largest absolute Gasteiger partial charge is 0.328 e. The second-order valence-electron chi connectivity index (χ2n) is 5.32. The Hall–Kier alpha value is -0.0800. The minimum atomic E-state index is 0.392. The van der Waals surface area contributed by atoms with E-state index in [4.69, 9.17) is 5.73 Å². The normalized spacial score (nSPS) is 14.2. The van der Waals surface area contributed by atoms with Crippen LogP contribution in [-0.2, 0) is 0 Å². The Morgan fingerprint density at radius 3 is 2.07 bits per heavy atom. The first-order chi connectivity index (χ1) is 6.97. The molecule has 1 atom stereocenters. The lowest BCUT2D eigenvalue weighted by Gasteiger charge is -2.29. The molecule has 0 aromatic carbocycles. The van der Waals surface area contributed by atoms with Crippen LogP contribution < -0.4 is 5.73 Å². The third-order valence-electron chi connectivity index (χ3n) is 2.78. The highest BCUT2D eigenvalue weighted by atomic mass is 15.1. The van der Waals surface area contributed by atoms with E-state index in [1.807, 2.05) is 0 Å². The number of rotatable bonds is 8. The molecule has 1 unspecified atom stereocenters. The van der Waals surface area contributed by atoms with Gasteiger partial charge in [-0.2, -0.15) is 0 Å². The van der Waals surface area contributed by atoms with Crippen molar-refractivity contribution in [2.75, 3.05) is 13.1 Å². The van der Waals surface area contributed by atoms with Gasteiger partial charge in [0.05, 0.1) is 0 Å². The summed E-state index contributed by atoms with van der Waals surface area (Å²) in [6.45, 7) is 13.6. The van der Waals surface area contributed by atoms with E-state index in [0.29, 0.717) is 12.1 Å². The van der Waals surface area contributed by atoms with Crippen molar-refractivity contribution in [3.63, 3.8) is 0 Å². The molecule has 15 heavy (non-hydrogen) atoms. The van der Waals surface area contributed by atoms with Crippen LogP contribution in [0.25, 0.3) is 0 Å². The summed E-state index contributed by atoms with van der Waals surface area (Å²) < 4.78 is 0. The summed E-state index contributed by atoms with van der Waals surface area (Å²) in [5.41, 5.74) is 6.04. The van der Waals surface area contributed by atoms with Crippen molar-refractivity contribution in [2.45, 2.75) is 66.0 Å². The molecule has 0 amide bonds. The van der Waals surface area contributed by atoms with E-state index in [0.717, 1.165) is 25.3 Å². The molecule has 0 aliphatic heterocycles. The minimum absolute atomic E-state index is 0.392. The molecule has 0 saturated carbocycles. The molecule has 0 fully saturated rings. The van der Waals surface area contributed by atoms with Crippen molar-refractivity contribution in [1.29, 1.82) is 0 Å². The average molecular weight is 214 g/mol. The third-order valence-corrected chi connectivity index (χ3v) is 2.78. The van der Waals surface area contributed by atoms with Gasteiger partial charge >= 0.3 is 0 Å². The quantitative estimate of drug-likeness (QED) is 0.673. The van der Waals surface area contributed by atoms with Crippen molar-refractivity contribution in [3.8, 4) is 0 Å². The zero-order valence-electron chi connectivity index (χ0n) is 11.3. The van der Waals surface area contributed by atoms with Crippen LogP contribution >= 0.6 is 0 Å². The Balaban J connectivity index is 3.85. The van der Waals surface area contributed by atoms with Gasteiger partial charge in [0, 0.05) is 18.6 Å². The topological polar surface area (TPSA) is 29.3 Å². The van der Waals surface area contributed by atoms with Gasteiger partial charge in [-0.25, -0.2) is 0 Å². The van der Waals surface area contributed by atoms with E-state index in [-0.39, 0.29) is 0 Å². The Bertz CT molecular complexity index is 143. The molecule has 2 N–H and O–H groups in total. The Labute approximate surface area is 96.2 Å². The molecule has 0 spiro atoms. The Kier molecular flexibility index (Phi) is 8.07. The van der Waals surface area contributed by atoms with Crippen molar-refractivity contribution >= 4 is 0 Å². The predicted molar refractivity (Wildman–Crippen MR) is 69.0 cm³/mol. The number of nitrogens with zero attached hydrogens (tertiary/aromatic N) is 1. The molecule has 0 aliphatic carbocycles. The fourth-order valence-electron chi connectivity index (χ4n) is 1.88. The molecule has 2 heteroatoms. The first kappa shape index (κ1) is 14.9. The van der Waals surface area contributed by atoms with Gasteiger partial charge in [-0.05, 0) is 39.2 Å². The van der Waals surface area contributed by atoms with Crippen LogP contribution in [0.1, 0.15) is 53.9 Å². The number of nitrogens with two attached hydrogens (primary N) is 1. The summed E-state index contributed by atoms with van der Waals surface area (Å²) in [5.74, 6) is 0.745. The van der Waals surface area contributed by atoms with Gasteiger partial charge in [-0.1, -0.05) is 27.2 Å². The van der Waals surface area contributed by atoms with Crippen LogP contribution in [0.4, 0.5) is 0 Å². The minimum Gasteiger partial charge on any atom is -0.328 e. The second-order valence-corrected chi connectivity index (χ2v) is 5.32. The molecular formula is C13H30N2. The van der Waals surface area contributed by atoms with E-state index in [9.17, 15) is 0 Å². The van der Waals surface area contributed by atoms with E-state index in [1.54, 1.807) is 0 Å². The predicted octanol–water partition coefficient (Wildman–Crippen LogP) is 2.87. The SMILES string of the molecule is CCCC(N)CCN(CC(C)C)C(C)C. The van der Waals surface area contributed by atoms with Crippen LogP contribution in [0.15, 0.2) is 0 Å². The van der Waals surface area contributed by atoms with Gasteiger partial charge in [0.2, 0.25) is 0 Å².